The van der Waals surface area contributed by atoms with Gasteiger partial charge in [-0.1, -0.05) is 66.2 Å². The molecule has 5 rings (SSSR count). The Hall–Kier alpha value is -4.08. The Morgan fingerprint density at radius 1 is 0.895 bits per heavy atom. The number of carbonyl (C=O) groups is 2. The van der Waals surface area contributed by atoms with Crippen molar-refractivity contribution < 1.29 is 26.9 Å². The Morgan fingerprint density at radius 3 is 2.39 bits per heavy atom. The molecule has 7 nitrogen and oxygen atoms in total. The van der Waals surface area contributed by atoms with Gasteiger partial charge in [-0.05, 0) is 70.9 Å². The zero-order valence-corrected chi connectivity index (χ0v) is 22.2. The third-order valence-electron chi connectivity index (χ3n) is 6.08. The first kappa shape index (κ1) is 25.6. The van der Waals surface area contributed by atoms with Crippen molar-refractivity contribution in [2.75, 3.05) is 7.11 Å². The maximum absolute atomic E-state index is 13.1. The SMILES string of the molecule is COc1cc(/C=C2\SC(=O)N(Cc3cccc4ccccc34)C2=O)ccc1OS(=O)(=O)c1ccc(C)cc1. The first-order chi connectivity index (χ1) is 18.2. The Kier molecular flexibility index (Phi) is 6.96. The topological polar surface area (TPSA) is 90.0 Å². The largest absolute Gasteiger partial charge is 0.493 e. The summed E-state index contributed by atoms with van der Waals surface area (Å²) >= 11 is 0.858. The van der Waals surface area contributed by atoms with Crippen LogP contribution in [0.1, 0.15) is 16.7 Å². The Balaban J connectivity index is 1.37. The lowest BCUT2D eigenvalue weighted by Gasteiger charge is -2.14. The van der Waals surface area contributed by atoms with E-state index in [2.05, 4.69) is 0 Å². The van der Waals surface area contributed by atoms with E-state index in [-0.39, 0.29) is 33.1 Å². The zero-order valence-electron chi connectivity index (χ0n) is 20.6. The minimum absolute atomic E-state index is 0.00860. The van der Waals surface area contributed by atoms with Crippen molar-refractivity contribution in [2.24, 2.45) is 0 Å². The van der Waals surface area contributed by atoms with Crippen LogP contribution in [0.25, 0.3) is 16.8 Å². The van der Waals surface area contributed by atoms with Crippen molar-refractivity contribution in [1.29, 1.82) is 0 Å². The summed E-state index contributed by atoms with van der Waals surface area (Å²) in [6.45, 7) is 2.02. The summed E-state index contributed by atoms with van der Waals surface area (Å²) in [5, 5.41) is 1.66. The highest BCUT2D eigenvalue weighted by atomic mass is 32.2. The first-order valence-corrected chi connectivity index (χ1v) is 13.9. The van der Waals surface area contributed by atoms with E-state index in [1.165, 1.54) is 30.2 Å². The fourth-order valence-corrected chi connectivity index (χ4v) is 5.88. The second kappa shape index (κ2) is 10.4. The van der Waals surface area contributed by atoms with Gasteiger partial charge in [0.15, 0.2) is 11.5 Å². The minimum Gasteiger partial charge on any atom is -0.493 e. The number of amides is 2. The molecule has 0 radical (unpaired) electrons. The molecule has 9 heteroatoms. The monoisotopic (exact) mass is 545 g/mol. The predicted octanol–water partition coefficient (Wildman–Crippen LogP) is 6.16. The molecular weight excluding hydrogens is 522 g/mol. The molecule has 1 fully saturated rings. The van der Waals surface area contributed by atoms with Crippen molar-refractivity contribution in [3.05, 3.63) is 107 Å². The standard InChI is InChI=1S/C29H23NO6S2/c1-19-10-13-23(14-11-19)38(33,34)36-25-15-12-20(16-26(25)35-2)17-27-28(31)30(29(32)37-27)18-22-8-5-7-21-6-3-4-9-24(21)22/h3-17H,18H2,1-2H3/b27-17-. The van der Waals surface area contributed by atoms with Gasteiger partial charge < -0.3 is 8.92 Å². The van der Waals surface area contributed by atoms with Gasteiger partial charge in [0.1, 0.15) is 4.90 Å². The van der Waals surface area contributed by atoms with Crippen LogP contribution >= 0.6 is 11.8 Å². The Labute approximate surface area is 224 Å². The highest BCUT2D eigenvalue weighted by Gasteiger charge is 2.35. The highest BCUT2D eigenvalue weighted by molar-refractivity contribution is 8.18. The molecule has 0 bridgehead atoms. The third kappa shape index (κ3) is 5.16. The average molecular weight is 546 g/mol. The van der Waals surface area contributed by atoms with Crippen LogP contribution in [-0.2, 0) is 21.5 Å². The molecule has 1 aliphatic heterocycles. The lowest BCUT2D eigenvalue weighted by Crippen LogP contribution is -2.27. The van der Waals surface area contributed by atoms with Crippen LogP contribution in [0.4, 0.5) is 4.79 Å². The fourth-order valence-electron chi connectivity index (χ4n) is 4.10. The molecule has 4 aromatic carbocycles. The molecule has 2 amide bonds. The summed E-state index contributed by atoms with van der Waals surface area (Å²) in [6, 6.07) is 24.5. The smallest absolute Gasteiger partial charge is 0.339 e. The summed E-state index contributed by atoms with van der Waals surface area (Å²) in [4.78, 5) is 27.4. The van der Waals surface area contributed by atoms with Crippen LogP contribution in [-0.4, -0.2) is 31.6 Å². The minimum atomic E-state index is -4.07. The number of benzene rings is 4. The maximum Gasteiger partial charge on any atom is 0.339 e. The van der Waals surface area contributed by atoms with Gasteiger partial charge in [0.2, 0.25) is 0 Å². The van der Waals surface area contributed by atoms with Gasteiger partial charge in [0.25, 0.3) is 11.1 Å². The van der Waals surface area contributed by atoms with Gasteiger partial charge in [-0.3, -0.25) is 14.5 Å². The lowest BCUT2D eigenvalue weighted by molar-refractivity contribution is -0.123. The summed E-state index contributed by atoms with van der Waals surface area (Å²) in [7, 11) is -2.68. The van der Waals surface area contributed by atoms with Crippen LogP contribution < -0.4 is 8.92 Å². The molecule has 1 heterocycles. The summed E-state index contributed by atoms with van der Waals surface area (Å²) in [5.41, 5.74) is 2.36. The molecule has 1 saturated heterocycles. The Bertz CT molecular complexity index is 1690. The molecule has 0 aliphatic carbocycles. The van der Waals surface area contributed by atoms with E-state index in [4.69, 9.17) is 8.92 Å². The molecule has 38 heavy (non-hydrogen) atoms. The van der Waals surface area contributed by atoms with Gasteiger partial charge in [-0.2, -0.15) is 8.42 Å². The first-order valence-electron chi connectivity index (χ1n) is 11.7. The zero-order chi connectivity index (χ0) is 26.9. The van der Waals surface area contributed by atoms with E-state index in [0.29, 0.717) is 5.56 Å². The number of thioether (sulfide) groups is 1. The van der Waals surface area contributed by atoms with Crippen molar-refractivity contribution in [1.82, 2.24) is 4.90 Å². The number of hydrogen-bond acceptors (Lipinski definition) is 7. The molecule has 1 aliphatic rings. The van der Waals surface area contributed by atoms with E-state index in [1.807, 2.05) is 49.4 Å². The molecule has 192 valence electrons. The number of hydrogen-bond donors (Lipinski definition) is 0. The summed E-state index contributed by atoms with van der Waals surface area (Å²) in [6.07, 6.45) is 1.58. The number of methoxy groups -OCH3 is 1. The lowest BCUT2D eigenvalue weighted by atomic mass is 10.0. The molecule has 0 spiro atoms. The highest BCUT2D eigenvalue weighted by Crippen LogP contribution is 2.36. The molecule has 0 aromatic heterocycles. The van der Waals surface area contributed by atoms with Gasteiger partial charge in [0, 0.05) is 0 Å². The van der Waals surface area contributed by atoms with Crippen molar-refractivity contribution in [3.8, 4) is 11.5 Å². The van der Waals surface area contributed by atoms with Crippen LogP contribution in [0.5, 0.6) is 11.5 Å². The van der Waals surface area contributed by atoms with Crippen molar-refractivity contribution in [2.45, 2.75) is 18.4 Å². The molecule has 0 atom stereocenters. The average Bonchev–Trinajstić information content (AvgIpc) is 3.17. The Morgan fingerprint density at radius 2 is 1.63 bits per heavy atom. The third-order valence-corrected chi connectivity index (χ3v) is 8.23. The van der Waals surface area contributed by atoms with E-state index in [1.54, 1.807) is 30.3 Å². The van der Waals surface area contributed by atoms with E-state index in [0.717, 1.165) is 33.7 Å². The number of rotatable bonds is 7. The molecule has 0 saturated carbocycles. The molecule has 4 aromatic rings. The number of fused-ring (bicyclic) bond motifs is 1. The van der Waals surface area contributed by atoms with Crippen LogP contribution in [0.3, 0.4) is 0 Å². The van der Waals surface area contributed by atoms with E-state index < -0.39 is 16.0 Å². The number of carbonyl (C=O) groups excluding carboxylic acids is 2. The summed E-state index contributed by atoms with van der Waals surface area (Å²) < 4.78 is 36.1. The number of aryl methyl sites for hydroxylation is 1. The van der Waals surface area contributed by atoms with E-state index in [9.17, 15) is 18.0 Å². The number of imide groups is 1. The number of ether oxygens (including phenoxy) is 1. The maximum atomic E-state index is 13.1. The normalized spacial score (nSPS) is 14.9. The number of nitrogens with zero attached hydrogens (tertiary/aromatic N) is 1. The summed E-state index contributed by atoms with van der Waals surface area (Å²) in [5.74, 6) is -0.215. The van der Waals surface area contributed by atoms with Crippen molar-refractivity contribution >= 4 is 49.9 Å². The van der Waals surface area contributed by atoms with Crippen LogP contribution in [0, 0.1) is 6.92 Å². The van der Waals surface area contributed by atoms with Gasteiger partial charge >= 0.3 is 10.1 Å². The molecule has 0 unspecified atom stereocenters. The molecular formula is C29H23NO6S2. The van der Waals surface area contributed by atoms with Gasteiger partial charge in [0.05, 0.1) is 18.6 Å². The van der Waals surface area contributed by atoms with E-state index >= 15 is 0 Å². The quantitative estimate of drug-likeness (QED) is 0.203. The van der Waals surface area contributed by atoms with Crippen molar-refractivity contribution in [3.63, 3.8) is 0 Å². The molecule has 0 N–H and O–H groups in total. The fraction of sp³-hybridized carbons (Fsp3) is 0.103. The van der Waals surface area contributed by atoms with Gasteiger partial charge in [-0.15, -0.1) is 0 Å². The van der Waals surface area contributed by atoms with Gasteiger partial charge in [-0.25, -0.2) is 0 Å². The van der Waals surface area contributed by atoms with Crippen LogP contribution in [0.2, 0.25) is 0 Å². The second-order valence-electron chi connectivity index (χ2n) is 8.67. The predicted molar refractivity (Wildman–Crippen MR) is 147 cm³/mol. The van der Waals surface area contributed by atoms with Crippen LogP contribution in [0.15, 0.2) is 94.7 Å². The second-order valence-corrected chi connectivity index (χ2v) is 11.2.